The average molecular weight is 321 g/mol. The highest BCUT2D eigenvalue weighted by atomic mass is 32.2. The van der Waals surface area contributed by atoms with E-state index in [0.717, 1.165) is 4.90 Å². The summed E-state index contributed by atoms with van der Waals surface area (Å²) in [7, 11) is -1.65. The Morgan fingerprint density at radius 1 is 1.24 bits per heavy atom. The van der Waals surface area contributed by atoms with Crippen molar-refractivity contribution in [1.82, 2.24) is 9.80 Å². The van der Waals surface area contributed by atoms with Crippen molar-refractivity contribution in [2.24, 2.45) is 5.73 Å². The third kappa shape index (κ3) is 5.68. The van der Waals surface area contributed by atoms with Crippen LogP contribution in [0.1, 0.15) is 6.42 Å². The Hall–Kier alpha value is -1.68. The van der Waals surface area contributed by atoms with Gasteiger partial charge in [0.1, 0.15) is 0 Å². The zero-order valence-corrected chi connectivity index (χ0v) is 12.5. The van der Waals surface area contributed by atoms with Crippen LogP contribution in [0.2, 0.25) is 0 Å². The molecule has 0 spiro atoms. The lowest BCUT2D eigenvalue weighted by Gasteiger charge is -2.26. The minimum Gasteiger partial charge on any atom is -0.480 e. The van der Waals surface area contributed by atoms with Crippen LogP contribution in [-0.2, 0) is 24.2 Å². The molecule has 0 aromatic carbocycles. The predicted molar refractivity (Wildman–Crippen MR) is 73.1 cm³/mol. The third-order valence-corrected chi connectivity index (χ3v) is 5.00. The first-order valence-corrected chi connectivity index (χ1v) is 8.11. The molecule has 120 valence electrons. The molecule has 1 aliphatic heterocycles. The number of nitrogens with two attached hydrogens (primary N) is 1. The van der Waals surface area contributed by atoms with Crippen LogP contribution < -0.4 is 5.73 Å². The number of aliphatic carboxylic acids is 1. The second-order valence-corrected chi connectivity index (χ2v) is 7.30. The molecule has 9 nitrogen and oxygen atoms in total. The van der Waals surface area contributed by atoms with Gasteiger partial charge in [-0.2, -0.15) is 0 Å². The number of likely N-dealkylation sites (N-methyl/N-ethyl adjacent to an activating group) is 1. The first-order valence-electron chi connectivity index (χ1n) is 6.29. The fourth-order valence-electron chi connectivity index (χ4n) is 2.17. The molecule has 0 aromatic heterocycles. The van der Waals surface area contributed by atoms with E-state index in [0.29, 0.717) is 6.42 Å². The van der Waals surface area contributed by atoms with Gasteiger partial charge in [0.05, 0.1) is 31.1 Å². The first kappa shape index (κ1) is 17.4. The van der Waals surface area contributed by atoms with E-state index in [4.69, 9.17) is 10.8 Å². The Kier molecular flexibility index (Phi) is 5.67. The van der Waals surface area contributed by atoms with Crippen molar-refractivity contribution < 1.29 is 27.9 Å². The highest BCUT2D eigenvalue weighted by molar-refractivity contribution is 7.91. The van der Waals surface area contributed by atoms with Gasteiger partial charge >= 0.3 is 5.97 Å². The monoisotopic (exact) mass is 321 g/mol. The second kappa shape index (κ2) is 6.85. The van der Waals surface area contributed by atoms with Crippen LogP contribution in [0, 0.1) is 0 Å². The maximum atomic E-state index is 12.1. The molecule has 1 atom stereocenters. The highest BCUT2D eigenvalue weighted by Crippen LogP contribution is 2.16. The van der Waals surface area contributed by atoms with Crippen molar-refractivity contribution in [3.8, 4) is 0 Å². The molecule has 10 heteroatoms. The predicted octanol–water partition coefficient (Wildman–Crippen LogP) is -2.50. The molecular formula is C11H19N3O6S. The number of carboxylic acid groups (broad SMARTS) is 1. The summed E-state index contributed by atoms with van der Waals surface area (Å²) in [5, 5.41) is 8.73. The molecular weight excluding hydrogens is 302 g/mol. The zero-order chi connectivity index (χ0) is 16.2. The van der Waals surface area contributed by atoms with Crippen LogP contribution >= 0.6 is 0 Å². The molecule has 0 radical (unpaired) electrons. The minimum absolute atomic E-state index is 0.0371. The van der Waals surface area contributed by atoms with Gasteiger partial charge in [-0.25, -0.2) is 8.42 Å². The molecule has 1 heterocycles. The van der Waals surface area contributed by atoms with E-state index in [1.165, 1.54) is 11.9 Å². The van der Waals surface area contributed by atoms with Crippen molar-refractivity contribution in [1.29, 1.82) is 0 Å². The number of primary amides is 1. The van der Waals surface area contributed by atoms with Gasteiger partial charge in [-0.3, -0.25) is 19.3 Å². The van der Waals surface area contributed by atoms with Gasteiger partial charge in [0.2, 0.25) is 11.8 Å². The number of hydrogen-bond donors (Lipinski definition) is 2. The van der Waals surface area contributed by atoms with E-state index >= 15 is 0 Å². The molecule has 0 bridgehead atoms. The lowest BCUT2D eigenvalue weighted by atomic mass is 10.2. The molecule has 1 rings (SSSR count). The van der Waals surface area contributed by atoms with Crippen LogP contribution in [0.5, 0.6) is 0 Å². The van der Waals surface area contributed by atoms with Gasteiger partial charge in [-0.15, -0.1) is 0 Å². The summed E-state index contributed by atoms with van der Waals surface area (Å²) in [4.78, 5) is 36.0. The van der Waals surface area contributed by atoms with Gasteiger partial charge in [-0.05, 0) is 6.42 Å². The van der Waals surface area contributed by atoms with E-state index in [2.05, 4.69) is 0 Å². The van der Waals surface area contributed by atoms with Crippen LogP contribution in [0.15, 0.2) is 0 Å². The summed E-state index contributed by atoms with van der Waals surface area (Å²) in [6.07, 6.45) is 0.360. The van der Waals surface area contributed by atoms with E-state index in [-0.39, 0.29) is 24.6 Å². The largest absolute Gasteiger partial charge is 0.480 e. The van der Waals surface area contributed by atoms with Crippen molar-refractivity contribution in [2.75, 3.05) is 38.2 Å². The maximum absolute atomic E-state index is 12.1. The van der Waals surface area contributed by atoms with E-state index in [1.807, 2.05) is 0 Å². The number of amides is 2. The van der Waals surface area contributed by atoms with Gasteiger partial charge in [0.15, 0.2) is 9.84 Å². The summed E-state index contributed by atoms with van der Waals surface area (Å²) in [6, 6.07) is -0.414. The van der Waals surface area contributed by atoms with Crippen LogP contribution in [0.25, 0.3) is 0 Å². The Morgan fingerprint density at radius 2 is 1.86 bits per heavy atom. The van der Waals surface area contributed by atoms with Gasteiger partial charge in [0.25, 0.3) is 0 Å². The molecule has 0 aromatic rings. The Balaban J connectivity index is 2.63. The van der Waals surface area contributed by atoms with Crippen molar-refractivity contribution in [3.63, 3.8) is 0 Å². The fraction of sp³-hybridized carbons (Fsp3) is 0.727. The lowest BCUT2D eigenvalue weighted by Crippen LogP contribution is -2.47. The molecule has 2 amide bonds. The Bertz CT molecular complexity index is 516. The number of carbonyl (C=O) groups is 3. The number of rotatable bonds is 7. The van der Waals surface area contributed by atoms with Crippen LogP contribution in [0.3, 0.4) is 0 Å². The molecule has 1 saturated heterocycles. The molecule has 1 unspecified atom stereocenters. The second-order valence-electron chi connectivity index (χ2n) is 5.07. The van der Waals surface area contributed by atoms with Crippen LogP contribution in [-0.4, -0.2) is 85.3 Å². The average Bonchev–Trinajstić information content (AvgIpc) is 2.66. The quantitative estimate of drug-likeness (QED) is 0.528. The molecule has 1 aliphatic rings. The van der Waals surface area contributed by atoms with Gasteiger partial charge < -0.3 is 15.7 Å². The highest BCUT2D eigenvalue weighted by Gasteiger charge is 2.33. The van der Waals surface area contributed by atoms with Crippen LogP contribution in [0.4, 0.5) is 0 Å². The maximum Gasteiger partial charge on any atom is 0.317 e. The molecule has 21 heavy (non-hydrogen) atoms. The topological polar surface area (TPSA) is 138 Å². The Labute approximate surface area is 122 Å². The van der Waals surface area contributed by atoms with Crippen molar-refractivity contribution in [3.05, 3.63) is 0 Å². The summed E-state index contributed by atoms with van der Waals surface area (Å²) in [5.74, 6) is -2.43. The number of carbonyl (C=O) groups excluding carboxylic acids is 2. The molecule has 1 fully saturated rings. The minimum atomic E-state index is -3.12. The molecule has 0 saturated carbocycles. The van der Waals surface area contributed by atoms with Gasteiger partial charge in [0, 0.05) is 13.1 Å². The van der Waals surface area contributed by atoms with Crippen molar-refractivity contribution >= 4 is 27.6 Å². The standard InChI is InChI=1S/C11H19N3O6S/c1-13(8-2-3-21(19,20)7-8)10(16)5-14(4-9(12)15)6-11(17)18/h8H,2-7H2,1H3,(H2,12,15)(H,17,18). The summed E-state index contributed by atoms with van der Waals surface area (Å²) >= 11 is 0. The van der Waals surface area contributed by atoms with Crippen molar-refractivity contribution in [2.45, 2.75) is 12.5 Å². The fourth-order valence-corrected chi connectivity index (χ4v) is 3.94. The first-order chi connectivity index (χ1) is 9.60. The number of hydrogen-bond acceptors (Lipinski definition) is 6. The Morgan fingerprint density at radius 3 is 2.29 bits per heavy atom. The summed E-state index contributed by atoms with van der Waals surface area (Å²) in [6.45, 7) is -1.15. The summed E-state index contributed by atoms with van der Waals surface area (Å²) < 4.78 is 22.8. The smallest absolute Gasteiger partial charge is 0.317 e. The molecule has 3 N–H and O–H groups in total. The lowest BCUT2D eigenvalue weighted by molar-refractivity contribution is -0.140. The number of sulfone groups is 1. The number of nitrogens with zero attached hydrogens (tertiary/aromatic N) is 2. The normalized spacial score (nSPS) is 20.4. The third-order valence-electron chi connectivity index (χ3n) is 3.25. The molecule has 0 aliphatic carbocycles. The zero-order valence-electron chi connectivity index (χ0n) is 11.7. The van der Waals surface area contributed by atoms with E-state index in [9.17, 15) is 22.8 Å². The van der Waals surface area contributed by atoms with E-state index < -0.39 is 40.2 Å². The number of carboxylic acids is 1. The SMILES string of the molecule is CN(C(=O)CN(CC(N)=O)CC(=O)O)C1CCS(=O)(=O)C1. The summed E-state index contributed by atoms with van der Waals surface area (Å²) in [5.41, 5.74) is 5.00. The van der Waals surface area contributed by atoms with Gasteiger partial charge in [-0.1, -0.05) is 0 Å². The van der Waals surface area contributed by atoms with E-state index in [1.54, 1.807) is 0 Å².